The lowest BCUT2D eigenvalue weighted by atomic mass is 10.0. The van der Waals surface area contributed by atoms with Crippen molar-refractivity contribution in [2.24, 2.45) is 0 Å². The van der Waals surface area contributed by atoms with Crippen LogP contribution in [0.5, 0.6) is 5.75 Å². The number of halogens is 1. The lowest BCUT2D eigenvalue weighted by molar-refractivity contribution is 0.243. The van der Waals surface area contributed by atoms with Crippen LogP contribution in [0.3, 0.4) is 0 Å². The van der Waals surface area contributed by atoms with Crippen LogP contribution in [0.2, 0.25) is 0 Å². The maximum Gasteiger partial charge on any atom is 0.319 e. The average Bonchev–Trinajstić information content (AvgIpc) is 2.60. The van der Waals surface area contributed by atoms with E-state index in [-0.39, 0.29) is 18.4 Å². The van der Waals surface area contributed by atoms with Gasteiger partial charge in [0.2, 0.25) is 0 Å². The summed E-state index contributed by atoms with van der Waals surface area (Å²) in [6.07, 6.45) is 1.17. The van der Waals surface area contributed by atoms with Crippen LogP contribution in [0.1, 0.15) is 24.4 Å². The highest BCUT2D eigenvalue weighted by atomic mass is 19.1. The van der Waals surface area contributed by atoms with Gasteiger partial charge in [0.25, 0.3) is 0 Å². The number of carbonyl (C=O) groups excluding carboxylic acids is 1. The second-order valence-electron chi connectivity index (χ2n) is 5.27. The summed E-state index contributed by atoms with van der Waals surface area (Å²) in [5, 5.41) is 14.6. The maximum absolute atomic E-state index is 13.2. The molecule has 2 aromatic carbocycles. The van der Waals surface area contributed by atoms with Gasteiger partial charge in [0.15, 0.2) is 0 Å². The SMILES string of the molecule is COc1cc(F)ccc1NC(=O)NC(CCCO)c1ccccc1. The molecule has 24 heavy (non-hydrogen) atoms. The Morgan fingerprint density at radius 1 is 1.25 bits per heavy atom. The molecular weight excluding hydrogens is 311 g/mol. The highest BCUT2D eigenvalue weighted by Crippen LogP contribution is 2.25. The smallest absolute Gasteiger partial charge is 0.319 e. The third kappa shape index (κ3) is 4.96. The van der Waals surface area contributed by atoms with E-state index < -0.39 is 11.8 Å². The Hall–Kier alpha value is -2.60. The monoisotopic (exact) mass is 332 g/mol. The van der Waals surface area contributed by atoms with Crippen LogP contribution >= 0.6 is 0 Å². The molecule has 0 bridgehead atoms. The van der Waals surface area contributed by atoms with E-state index in [0.29, 0.717) is 18.5 Å². The summed E-state index contributed by atoms with van der Waals surface area (Å²) in [4.78, 5) is 12.3. The van der Waals surface area contributed by atoms with Crippen molar-refractivity contribution in [1.82, 2.24) is 5.32 Å². The molecular formula is C18H21FN2O3. The van der Waals surface area contributed by atoms with Crippen molar-refractivity contribution in [3.63, 3.8) is 0 Å². The Kier molecular flexibility index (Phi) is 6.57. The molecule has 3 N–H and O–H groups in total. The summed E-state index contributed by atoms with van der Waals surface area (Å²) < 4.78 is 18.3. The van der Waals surface area contributed by atoms with Crippen LogP contribution in [0.15, 0.2) is 48.5 Å². The van der Waals surface area contributed by atoms with Crippen LogP contribution in [-0.4, -0.2) is 24.9 Å². The molecule has 128 valence electrons. The molecule has 0 saturated heterocycles. The first-order chi connectivity index (χ1) is 11.6. The third-order valence-electron chi connectivity index (χ3n) is 3.57. The average molecular weight is 332 g/mol. The van der Waals surface area contributed by atoms with Gasteiger partial charge in [-0.05, 0) is 30.5 Å². The predicted octanol–water partition coefficient (Wildman–Crippen LogP) is 3.47. The first-order valence-electron chi connectivity index (χ1n) is 7.71. The quantitative estimate of drug-likeness (QED) is 0.727. The first kappa shape index (κ1) is 17.7. The molecule has 0 aromatic heterocycles. The van der Waals surface area contributed by atoms with Crippen molar-refractivity contribution >= 4 is 11.7 Å². The van der Waals surface area contributed by atoms with Gasteiger partial charge in [-0.25, -0.2) is 9.18 Å². The largest absolute Gasteiger partial charge is 0.494 e. The Balaban J connectivity index is 2.07. The zero-order valence-electron chi connectivity index (χ0n) is 13.5. The molecule has 0 fully saturated rings. The Morgan fingerprint density at radius 2 is 2.00 bits per heavy atom. The van der Waals surface area contributed by atoms with E-state index in [1.54, 1.807) is 0 Å². The molecule has 0 aliphatic rings. The summed E-state index contributed by atoms with van der Waals surface area (Å²) >= 11 is 0. The van der Waals surface area contributed by atoms with Crippen molar-refractivity contribution in [2.45, 2.75) is 18.9 Å². The fourth-order valence-corrected chi connectivity index (χ4v) is 2.39. The second kappa shape index (κ2) is 8.88. The Bertz CT molecular complexity index is 665. The van der Waals surface area contributed by atoms with Crippen LogP contribution < -0.4 is 15.4 Å². The summed E-state index contributed by atoms with van der Waals surface area (Å²) in [7, 11) is 1.41. The van der Waals surface area contributed by atoms with E-state index in [4.69, 9.17) is 9.84 Å². The number of urea groups is 1. The van der Waals surface area contributed by atoms with Gasteiger partial charge in [-0.1, -0.05) is 30.3 Å². The van der Waals surface area contributed by atoms with Gasteiger partial charge in [0.05, 0.1) is 18.8 Å². The molecule has 0 saturated carbocycles. The Labute approximate surface area is 140 Å². The summed E-state index contributed by atoms with van der Waals surface area (Å²) in [5.41, 5.74) is 1.33. The Morgan fingerprint density at radius 3 is 2.67 bits per heavy atom. The van der Waals surface area contributed by atoms with Crippen LogP contribution in [0.25, 0.3) is 0 Å². The zero-order chi connectivity index (χ0) is 17.4. The lowest BCUT2D eigenvalue weighted by Crippen LogP contribution is -2.32. The number of nitrogens with one attached hydrogen (secondary N) is 2. The number of rotatable bonds is 7. The van der Waals surface area contributed by atoms with Crippen molar-refractivity contribution < 1.29 is 19.0 Å². The topological polar surface area (TPSA) is 70.6 Å². The normalized spacial score (nSPS) is 11.6. The molecule has 1 atom stereocenters. The van der Waals surface area contributed by atoms with E-state index in [0.717, 1.165) is 5.56 Å². The number of ether oxygens (including phenoxy) is 1. The molecule has 2 amide bonds. The van der Waals surface area contributed by atoms with Crippen LogP contribution in [0.4, 0.5) is 14.9 Å². The second-order valence-corrected chi connectivity index (χ2v) is 5.27. The van der Waals surface area contributed by atoms with Gasteiger partial charge in [0.1, 0.15) is 11.6 Å². The minimum atomic E-state index is -0.442. The first-order valence-corrected chi connectivity index (χ1v) is 7.71. The number of aliphatic hydroxyl groups excluding tert-OH is 1. The van der Waals surface area contributed by atoms with Crippen LogP contribution in [0, 0.1) is 5.82 Å². The molecule has 6 heteroatoms. The number of benzene rings is 2. The maximum atomic E-state index is 13.2. The molecule has 2 rings (SSSR count). The fraction of sp³-hybridized carbons (Fsp3) is 0.278. The molecule has 0 radical (unpaired) electrons. The number of carbonyl (C=O) groups is 1. The standard InChI is InChI=1S/C18H21FN2O3/c1-24-17-12-14(19)9-10-16(17)21-18(23)20-15(8-5-11-22)13-6-3-2-4-7-13/h2-4,6-7,9-10,12,15,22H,5,8,11H2,1H3,(H2,20,21,23). The van der Waals surface area contributed by atoms with Gasteiger partial charge in [-0.3, -0.25) is 0 Å². The van der Waals surface area contributed by atoms with Crippen molar-refractivity contribution in [3.8, 4) is 5.75 Å². The molecule has 2 aromatic rings. The van der Waals surface area contributed by atoms with Crippen molar-refractivity contribution in [1.29, 1.82) is 0 Å². The summed E-state index contributed by atoms with van der Waals surface area (Å²) in [6, 6.07) is 12.8. The van der Waals surface area contributed by atoms with E-state index in [9.17, 15) is 9.18 Å². The molecule has 0 spiro atoms. The lowest BCUT2D eigenvalue weighted by Gasteiger charge is -2.20. The molecule has 1 unspecified atom stereocenters. The van der Waals surface area contributed by atoms with E-state index >= 15 is 0 Å². The molecule has 0 aliphatic heterocycles. The number of methoxy groups -OCH3 is 1. The number of amides is 2. The van der Waals surface area contributed by atoms with E-state index in [2.05, 4.69) is 10.6 Å². The highest BCUT2D eigenvalue weighted by Gasteiger charge is 2.15. The number of anilines is 1. The summed E-state index contributed by atoms with van der Waals surface area (Å²) in [5.74, 6) is -0.195. The molecule has 0 aliphatic carbocycles. The molecule has 5 nitrogen and oxygen atoms in total. The van der Waals surface area contributed by atoms with E-state index in [1.165, 1.54) is 25.3 Å². The van der Waals surface area contributed by atoms with Gasteiger partial charge >= 0.3 is 6.03 Å². The number of aliphatic hydroxyl groups is 1. The molecule has 0 heterocycles. The highest BCUT2D eigenvalue weighted by molar-refractivity contribution is 5.91. The van der Waals surface area contributed by atoms with E-state index in [1.807, 2.05) is 30.3 Å². The zero-order valence-corrected chi connectivity index (χ0v) is 13.5. The summed E-state index contributed by atoms with van der Waals surface area (Å²) in [6.45, 7) is 0.0540. The minimum Gasteiger partial charge on any atom is -0.494 e. The van der Waals surface area contributed by atoms with Gasteiger partial charge in [-0.15, -0.1) is 0 Å². The van der Waals surface area contributed by atoms with Crippen molar-refractivity contribution in [2.75, 3.05) is 19.0 Å². The predicted molar refractivity (Wildman–Crippen MR) is 90.6 cm³/mol. The number of hydrogen-bond donors (Lipinski definition) is 3. The fourth-order valence-electron chi connectivity index (χ4n) is 2.39. The third-order valence-corrected chi connectivity index (χ3v) is 3.57. The number of hydrogen-bond acceptors (Lipinski definition) is 3. The van der Waals surface area contributed by atoms with Gasteiger partial charge in [0, 0.05) is 12.7 Å². The minimum absolute atomic E-state index is 0.0540. The van der Waals surface area contributed by atoms with Crippen LogP contribution in [-0.2, 0) is 0 Å². The van der Waals surface area contributed by atoms with Gasteiger partial charge < -0.3 is 20.5 Å². The van der Waals surface area contributed by atoms with Crippen molar-refractivity contribution in [3.05, 3.63) is 59.9 Å². The van der Waals surface area contributed by atoms with Gasteiger partial charge in [-0.2, -0.15) is 0 Å².